The number of aryl methyl sites for hydroxylation is 1. The predicted molar refractivity (Wildman–Crippen MR) is 68.3 cm³/mol. The van der Waals surface area contributed by atoms with Crippen molar-refractivity contribution in [2.45, 2.75) is 13.8 Å². The van der Waals surface area contributed by atoms with Crippen molar-refractivity contribution in [2.75, 3.05) is 0 Å². The Kier molecular flexibility index (Phi) is 2.96. The molecule has 2 aromatic rings. The van der Waals surface area contributed by atoms with Gasteiger partial charge in [-0.3, -0.25) is 4.79 Å². The molecule has 0 atom stereocenters. The average Bonchev–Trinajstić information content (AvgIpc) is 2.29. The zero-order valence-electron chi connectivity index (χ0n) is 9.90. The van der Waals surface area contributed by atoms with E-state index < -0.39 is 0 Å². The van der Waals surface area contributed by atoms with Crippen molar-refractivity contribution in [1.82, 2.24) is 0 Å². The second-order valence-electron chi connectivity index (χ2n) is 4.10. The van der Waals surface area contributed by atoms with Crippen LogP contribution in [0.2, 0.25) is 0 Å². The number of Topliss-reactive ketones (excluding diaryl/α,β-unsaturated/α-hetero) is 1. The highest BCUT2D eigenvalue weighted by Crippen LogP contribution is 2.29. The third-order valence-electron chi connectivity index (χ3n) is 2.82. The SMILES string of the molecule is CC(=O)c1ccc(-c2ccccc2O)cc1C. The lowest BCUT2D eigenvalue weighted by atomic mass is 9.98. The molecule has 0 radical (unpaired) electrons. The van der Waals surface area contributed by atoms with Crippen LogP contribution in [0, 0.1) is 6.92 Å². The van der Waals surface area contributed by atoms with Crippen LogP contribution < -0.4 is 0 Å². The maximum Gasteiger partial charge on any atom is 0.160 e. The topological polar surface area (TPSA) is 37.3 Å². The Morgan fingerprint density at radius 3 is 2.41 bits per heavy atom. The van der Waals surface area contributed by atoms with E-state index in [9.17, 15) is 9.90 Å². The van der Waals surface area contributed by atoms with Crippen LogP contribution in [0.3, 0.4) is 0 Å². The number of hydrogen-bond donors (Lipinski definition) is 1. The summed E-state index contributed by atoms with van der Waals surface area (Å²) in [7, 11) is 0. The van der Waals surface area contributed by atoms with Gasteiger partial charge in [-0.1, -0.05) is 36.4 Å². The van der Waals surface area contributed by atoms with Gasteiger partial charge in [-0.15, -0.1) is 0 Å². The standard InChI is InChI=1S/C15H14O2/c1-10-9-12(7-8-13(10)11(2)16)14-5-3-4-6-15(14)17/h3-9,17H,1-2H3. The molecule has 0 saturated carbocycles. The summed E-state index contributed by atoms with van der Waals surface area (Å²) in [6.45, 7) is 3.46. The lowest BCUT2D eigenvalue weighted by molar-refractivity contribution is 0.101. The van der Waals surface area contributed by atoms with E-state index in [-0.39, 0.29) is 11.5 Å². The molecule has 86 valence electrons. The van der Waals surface area contributed by atoms with Crippen LogP contribution in [-0.4, -0.2) is 10.9 Å². The second kappa shape index (κ2) is 4.42. The van der Waals surface area contributed by atoms with Crippen LogP contribution in [0.4, 0.5) is 0 Å². The molecule has 0 aromatic heterocycles. The Labute approximate surface area is 101 Å². The molecular formula is C15H14O2. The number of hydrogen-bond acceptors (Lipinski definition) is 2. The number of rotatable bonds is 2. The largest absolute Gasteiger partial charge is 0.507 e. The number of phenolic OH excluding ortho intramolecular Hbond substituents is 1. The van der Waals surface area contributed by atoms with E-state index in [1.54, 1.807) is 25.1 Å². The smallest absolute Gasteiger partial charge is 0.160 e. The zero-order chi connectivity index (χ0) is 12.4. The summed E-state index contributed by atoms with van der Waals surface area (Å²) in [4.78, 5) is 11.3. The first-order valence-corrected chi connectivity index (χ1v) is 5.49. The number of carbonyl (C=O) groups excluding carboxylic acids is 1. The van der Waals surface area contributed by atoms with Gasteiger partial charge in [0.2, 0.25) is 0 Å². The van der Waals surface area contributed by atoms with E-state index in [2.05, 4.69) is 0 Å². The molecule has 2 heteroatoms. The molecule has 0 fully saturated rings. The molecule has 0 saturated heterocycles. The molecular weight excluding hydrogens is 212 g/mol. The van der Waals surface area contributed by atoms with Gasteiger partial charge in [0.1, 0.15) is 5.75 Å². The first-order chi connectivity index (χ1) is 8.09. The summed E-state index contributed by atoms with van der Waals surface area (Å²) in [5.74, 6) is 0.314. The molecule has 0 heterocycles. The van der Waals surface area contributed by atoms with Gasteiger partial charge in [0.05, 0.1) is 0 Å². The highest BCUT2D eigenvalue weighted by molar-refractivity contribution is 5.96. The fourth-order valence-corrected chi connectivity index (χ4v) is 1.94. The van der Waals surface area contributed by atoms with E-state index in [4.69, 9.17) is 0 Å². The third kappa shape index (κ3) is 2.21. The van der Waals surface area contributed by atoms with Gasteiger partial charge in [-0.2, -0.15) is 0 Å². The average molecular weight is 226 g/mol. The van der Waals surface area contributed by atoms with Crippen molar-refractivity contribution in [1.29, 1.82) is 0 Å². The first kappa shape index (κ1) is 11.4. The van der Waals surface area contributed by atoms with Crippen LogP contribution in [0.5, 0.6) is 5.75 Å². The van der Waals surface area contributed by atoms with Gasteiger partial charge in [0.15, 0.2) is 5.78 Å². The Morgan fingerprint density at radius 1 is 1.12 bits per heavy atom. The summed E-state index contributed by atoms with van der Waals surface area (Å²) >= 11 is 0. The van der Waals surface area contributed by atoms with Gasteiger partial charge in [-0.05, 0) is 31.0 Å². The molecule has 2 nitrogen and oxygen atoms in total. The number of phenols is 1. The molecule has 2 aromatic carbocycles. The van der Waals surface area contributed by atoms with Crippen LogP contribution >= 0.6 is 0 Å². The molecule has 0 aliphatic rings. The molecule has 0 amide bonds. The summed E-state index contributed by atoms with van der Waals surface area (Å²) in [6.07, 6.45) is 0. The maximum atomic E-state index is 11.3. The minimum Gasteiger partial charge on any atom is -0.507 e. The van der Waals surface area contributed by atoms with E-state index in [1.165, 1.54) is 0 Å². The van der Waals surface area contributed by atoms with Gasteiger partial charge in [0.25, 0.3) is 0 Å². The summed E-state index contributed by atoms with van der Waals surface area (Å²) in [5.41, 5.74) is 3.36. The summed E-state index contributed by atoms with van der Waals surface area (Å²) in [6, 6.07) is 12.8. The molecule has 0 aliphatic carbocycles. The molecule has 1 N–H and O–H groups in total. The lowest BCUT2D eigenvalue weighted by Gasteiger charge is -2.08. The van der Waals surface area contributed by atoms with Crippen LogP contribution in [0.15, 0.2) is 42.5 Å². The predicted octanol–water partition coefficient (Wildman–Crippen LogP) is 3.57. The zero-order valence-corrected chi connectivity index (χ0v) is 9.90. The number of benzene rings is 2. The van der Waals surface area contributed by atoms with Crippen molar-refractivity contribution in [3.8, 4) is 16.9 Å². The van der Waals surface area contributed by atoms with E-state index in [1.807, 2.05) is 31.2 Å². The molecule has 0 spiro atoms. The molecule has 0 aliphatic heterocycles. The highest BCUT2D eigenvalue weighted by Gasteiger charge is 2.07. The molecule has 2 rings (SSSR count). The van der Waals surface area contributed by atoms with Crippen molar-refractivity contribution in [2.24, 2.45) is 0 Å². The van der Waals surface area contributed by atoms with Crippen LogP contribution in [-0.2, 0) is 0 Å². The summed E-state index contributed by atoms with van der Waals surface area (Å²) < 4.78 is 0. The van der Waals surface area contributed by atoms with E-state index in [0.717, 1.165) is 22.3 Å². The minimum absolute atomic E-state index is 0.0614. The van der Waals surface area contributed by atoms with E-state index >= 15 is 0 Å². The normalized spacial score (nSPS) is 10.2. The van der Waals surface area contributed by atoms with E-state index in [0.29, 0.717) is 0 Å². The fraction of sp³-hybridized carbons (Fsp3) is 0.133. The minimum atomic E-state index is 0.0614. The van der Waals surface area contributed by atoms with Crippen molar-refractivity contribution >= 4 is 5.78 Å². The maximum absolute atomic E-state index is 11.3. The molecule has 0 unspecified atom stereocenters. The van der Waals surface area contributed by atoms with Crippen LogP contribution in [0.25, 0.3) is 11.1 Å². The third-order valence-corrected chi connectivity index (χ3v) is 2.82. The first-order valence-electron chi connectivity index (χ1n) is 5.49. The number of para-hydroxylation sites is 1. The van der Waals surface area contributed by atoms with Gasteiger partial charge < -0.3 is 5.11 Å². The number of carbonyl (C=O) groups is 1. The van der Waals surface area contributed by atoms with Crippen molar-refractivity contribution in [3.05, 3.63) is 53.6 Å². The highest BCUT2D eigenvalue weighted by atomic mass is 16.3. The quantitative estimate of drug-likeness (QED) is 0.795. The molecule has 0 bridgehead atoms. The Bertz CT molecular complexity index is 571. The van der Waals surface area contributed by atoms with Gasteiger partial charge >= 0.3 is 0 Å². The molecule has 17 heavy (non-hydrogen) atoms. The monoisotopic (exact) mass is 226 g/mol. The fourth-order valence-electron chi connectivity index (χ4n) is 1.94. The summed E-state index contributed by atoms with van der Waals surface area (Å²) in [5, 5.41) is 9.77. The Morgan fingerprint density at radius 2 is 1.82 bits per heavy atom. The van der Waals surface area contributed by atoms with Crippen molar-refractivity contribution in [3.63, 3.8) is 0 Å². The second-order valence-corrected chi connectivity index (χ2v) is 4.10. The number of aromatic hydroxyl groups is 1. The number of ketones is 1. The Balaban J connectivity index is 2.52. The van der Waals surface area contributed by atoms with Gasteiger partial charge in [-0.25, -0.2) is 0 Å². The van der Waals surface area contributed by atoms with Gasteiger partial charge in [0, 0.05) is 11.1 Å². The Hall–Kier alpha value is -2.09. The lowest BCUT2D eigenvalue weighted by Crippen LogP contribution is -1.95. The van der Waals surface area contributed by atoms with Crippen molar-refractivity contribution < 1.29 is 9.90 Å². The van der Waals surface area contributed by atoms with Crippen LogP contribution in [0.1, 0.15) is 22.8 Å².